The number of hydrogen-bond donors (Lipinski definition) is 3. The Labute approximate surface area is 105 Å². The zero-order valence-electron chi connectivity index (χ0n) is 9.87. The maximum absolute atomic E-state index is 12.2. The smallest absolute Gasteiger partial charge is 0.173 e. The molecule has 0 heterocycles. The van der Waals surface area contributed by atoms with E-state index in [1.807, 2.05) is 0 Å². The van der Waals surface area contributed by atoms with Gasteiger partial charge in [0.2, 0.25) is 0 Å². The summed E-state index contributed by atoms with van der Waals surface area (Å²) in [6.07, 6.45) is 2.61. The highest BCUT2D eigenvalue weighted by Crippen LogP contribution is 2.33. The quantitative estimate of drug-likeness (QED) is 0.698. The average molecular weight is 246 g/mol. The van der Waals surface area contributed by atoms with Crippen molar-refractivity contribution in [3.63, 3.8) is 0 Å². The van der Waals surface area contributed by atoms with Crippen molar-refractivity contribution in [2.45, 2.75) is 12.5 Å². The minimum absolute atomic E-state index is 0.309. The molecule has 0 saturated heterocycles. The standard InChI is InChI=1S/C14H14O4/c1-14(18)10(7-8-11(15)13(14)17)12(16)9-5-3-2-4-6-9/h2-8,10,15,17-18H,1H3. The Morgan fingerprint density at radius 3 is 2.44 bits per heavy atom. The van der Waals surface area contributed by atoms with Gasteiger partial charge in [-0.15, -0.1) is 0 Å². The van der Waals surface area contributed by atoms with E-state index < -0.39 is 23.0 Å². The van der Waals surface area contributed by atoms with Gasteiger partial charge in [-0.1, -0.05) is 36.4 Å². The van der Waals surface area contributed by atoms with E-state index in [9.17, 15) is 20.1 Å². The average Bonchev–Trinajstić information content (AvgIpc) is 2.36. The highest BCUT2D eigenvalue weighted by molar-refractivity contribution is 6.00. The van der Waals surface area contributed by atoms with Crippen molar-refractivity contribution in [2.24, 2.45) is 5.92 Å². The van der Waals surface area contributed by atoms with Gasteiger partial charge in [0.05, 0.1) is 5.92 Å². The Morgan fingerprint density at radius 1 is 1.22 bits per heavy atom. The molecule has 2 atom stereocenters. The Hall–Kier alpha value is -2.07. The number of aliphatic hydroxyl groups is 3. The molecule has 0 amide bonds. The molecule has 0 aromatic heterocycles. The van der Waals surface area contributed by atoms with E-state index in [0.29, 0.717) is 5.56 Å². The van der Waals surface area contributed by atoms with Crippen LogP contribution in [0.25, 0.3) is 0 Å². The first kappa shape index (κ1) is 12.4. The van der Waals surface area contributed by atoms with Crippen LogP contribution >= 0.6 is 0 Å². The Bertz CT molecular complexity index is 526. The highest BCUT2D eigenvalue weighted by Gasteiger charge is 2.43. The predicted octanol–water partition coefficient (Wildman–Crippen LogP) is 2.13. The number of rotatable bonds is 2. The minimum atomic E-state index is -1.80. The van der Waals surface area contributed by atoms with Gasteiger partial charge >= 0.3 is 0 Å². The Balaban J connectivity index is 2.37. The Morgan fingerprint density at radius 2 is 1.83 bits per heavy atom. The van der Waals surface area contributed by atoms with E-state index in [2.05, 4.69) is 0 Å². The third-order valence-electron chi connectivity index (χ3n) is 3.11. The summed E-state index contributed by atoms with van der Waals surface area (Å²) in [5.41, 5.74) is -1.35. The molecule has 1 aliphatic rings. The summed E-state index contributed by atoms with van der Waals surface area (Å²) in [4.78, 5) is 12.2. The number of hydrogen-bond acceptors (Lipinski definition) is 4. The van der Waals surface area contributed by atoms with Gasteiger partial charge in [-0.05, 0) is 13.0 Å². The molecule has 18 heavy (non-hydrogen) atoms. The summed E-state index contributed by atoms with van der Waals surface area (Å²) in [5.74, 6) is -2.23. The fraction of sp³-hybridized carbons (Fsp3) is 0.214. The molecule has 0 spiro atoms. The van der Waals surface area contributed by atoms with Gasteiger partial charge < -0.3 is 15.3 Å². The maximum atomic E-state index is 12.2. The lowest BCUT2D eigenvalue weighted by atomic mass is 9.78. The second kappa shape index (κ2) is 4.31. The van der Waals surface area contributed by atoms with Gasteiger partial charge in [0.1, 0.15) is 5.60 Å². The summed E-state index contributed by atoms with van der Waals surface area (Å²) < 4.78 is 0. The number of ketones is 1. The number of allylic oxidation sites excluding steroid dienone is 1. The second-order valence-corrected chi connectivity index (χ2v) is 4.45. The molecule has 2 rings (SSSR count). The fourth-order valence-corrected chi connectivity index (χ4v) is 1.98. The molecule has 4 heteroatoms. The number of carbonyl (C=O) groups excluding carboxylic acids is 1. The molecule has 3 N–H and O–H groups in total. The van der Waals surface area contributed by atoms with Gasteiger partial charge in [0.15, 0.2) is 17.3 Å². The normalized spacial score (nSPS) is 27.3. The van der Waals surface area contributed by atoms with Crippen molar-refractivity contribution in [1.29, 1.82) is 0 Å². The minimum Gasteiger partial charge on any atom is -0.506 e. The number of benzene rings is 1. The van der Waals surface area contributed by atoms with Gasteiger partial charge in [-0.3, -0.25) is 4.79 Å². The zero-order chi connectivity index (χ0) is 13.3. The summed E-state index contributed by atoms with van der Waals surface area (Å²) in [6, 6.07) is 8.51. The lowest BCUT2D eigenvalue weighted by molar-refractivity contribution is 0.00950. The van der Waals surface area contributed by atoms with Crippen LogP contribution in [-0.2, 0) is 0 Å². The van der Waals surface area contributed by atoms with Crippen LogP contribution in [0.4, 0.5) is 0 Å². The number of aliphatic hydroxyl groups excluding tert-OH is 2. The van der Waals surface area contributed by atoms with Crippen LogP contribution in [0.2, 0.25) is 0 Å². The molecule has 0 saturated carbocycles. The third kappa shape index (κ3) is 1.91. The lowest BCUT2D eigenvalue weighted by Crippen LogP contribution is -2.42. The molecule has 0 radical (unpaired) electrons. The molecular weight excluding hydrogens is 232 g/mol. The molecule has 94 valence electrons. The van der Waals surface area contributed by atoms with Gasteiger partial charge in [-0.2, -0.15) is 0 Å². The molecule has 1 aromatic rings. The van der Waals surface area contributed by atoms with Crippen LogP contribution in [-0.4, -0.2) is 26.7 Å². The van der Waals surface area contributed by atoms with Crippen molar-refractivity contribution in [3.8, 4) is 0 Å². The van der Waals surface area contributed by atoms with Crippen molar-refractivity contribution in [3.05, 3.63) is 59.6 Å². The van der Waals surface area contributed by atoms with Crippen molar-refractivity contribution in [2.75, 3.05) is 0 Å². The number of carbonyl (C=O) groups is 1. The van der Waals surface area contributed by atoms with Gasteiger partial charge in [0.25, 0.3) is 0 Å². The topological polar surface area (TPSA) is 77.8 Å². The zero-order valence-corrected chi connectivity index (χ0v) is 9.87. The van der Waals surface area contributed by atoms with E-state index in [1.54, 1.807) is 30.3 Å². The first-order chi connectivity index (χ1) is 8.44. The molecule has 0 bridgehead atoms. The van der Waals surface area contributed by atoms with Crippen LogP contribution in [0.1, 0.15) is 17.3 Å². The summed E-state index contributed by atoms with van der Waals surface area (Å²) in [5, 5.41) is 29.2. The van der Waals surface area contributed by atoms with Crippen LogP contribution in [0.15, 0.2) is 54.0 Å². The second-order valence-electron chi connectivity index (χ2n) is 4.45. The van der Waals surface area contributed by atoms with E-state index >= 15 is 0 Å². The highest BCUT2D eigenvalue weighted by atomic mass is 16.4. The van der Waals surface area contributed by atoms with Crippen molar-refractivity contribution >= 4 is 5.78 Å². The Kier molecular flexibility index (Phi) is 2.97. The molecule has 0 aliphatic heterocycles. The SMILES string of the molecule is CC1(O)C(O)=C(O)C=CC1C(=O)c1ccccc1. The lowest BCUT2D eigenvalue weighted by Gasteiger charge is -2.31. The first-order valence-electron chi connectivity index (χ1n) is 5.57. The van der Waals surface area contributed by atoms with E-state index in [0.717, 1.165) is 0 Å². The van der Waals surface area contributed by atoms with Crippen LogP contribution in [0, 0.1) is 5.92 Å². The summed E-state index contributed by atoms with van der Waals surface area (Å²) in [7, 11) is 0. The molecule has 0 fully saturated rings. The van der Waals surface area contributed by atoms with E-state index in [1.165, 1.54) is 19.1 Å². The molecule has 4 nitrogen and oxygen atoms in total. The van der Waals surface area contributed by atoms with Crippen molar-refractivity contribution < 1.29 is 20.1 Å². The monoisotopic (exact) mass is 246 g/mol. The van der Waals surface area contributed by atoms with Crippen LogP contribution < -0.4 is 0 Å². The van der Waals surface area contributed by atoms with E-state index in [4.69, 9.17) is 0 Å². The van der Waals surface area contributed by atoms with Gasteiger partial charge in [0, 0.05) is 5.56 Å². The molecular formula is C14H14O4. The fourth-order valence-electron chi connectivity index (χ4n) is 1.98. The molecule has 1 aliphatic carbocycles. The molecule has 1 aromatic carbocycles. The third-order valence-corrected chi connectivity index (χ3v) is 3.11. The van der Waals surface area contributed by atoms with Crippen LogP contribution in [0.3, 0.4) is 0 Å². The predicted molar refractivity (Wildman–Crippen MR) is 66.3 cm³/mol. The van der Waals surface area contributed by atoms with Crippen molar-refractivity contribution in [1.82, 2.24) is 0 Å². The van der Waals surface area contributed by atoms with Crippen LogP contribution in [0.5, 0.6) is 0 Å². The maximum Gasteiger partial charge on any atom is 0.173 e. The summed E-state index contributed by atoms with van der Waals surface area (Å²) in [6.45, 7) is 1.30. The largest absolute Gasteiger partial charge is 0.506 e. The molecule has 2 unspecified atom stereocenters. The summed E-state index contributed by atoms with van der Waals surface area (Å²) >= 11 is 0. The number of Topliss-reactive ketones (excluding diaryl/α,β-unsaturated/α-hetero) is 1. The first-order valence-corrected chi connectivity index (χ1v) is 5.57. The van der Waals surface area contributed by atoms with Gasteiger partial charge in [-0.25, -0.2) is 0 Å². The van der Waals surface area contributed by atoms with E-state index in [-0.39, 0.29) is 5.78 Å².